The largest absolute Gasteiger partial charge is 0.364 e. The topological polar surface area (TPSA) is 67.2 Å². The van der Waals surface area contributed by atoms with Crippen molar-refractivity contribution >= 4 is 5.91 Å². The van der Waals surface area contributed by atoms with E-state index in [4.69, 9.17) is 4.52 Å². The molecule has 2 atom stereocenters. The van der Waals surface area contributed by atoms with Crippen molar-refractivity contribution < 1.29 is 9.32 Å². The molecule has 1 saturated heterocycles. The number of hydrogen-bond acceptors (Lipinski definition) is 4. The van der Waals surface area contributed by atoms with E-state index >= 15 is 0 Å². The Morgan fingerprint density at radius 1 is 1.60 bits per heavy atom. The minimum atomic E-state index is -0.152. The smallest absolute Gasteiger partial charge is 0.237 e. The Balaban J connectivity index is 2.09. The van der Waals surface area contributed by atoms with Gasteiger partial charge in [-0.25, -0.2) is 0 Å². The molecule has 1 amide bonds. The van der Waals surface area contributed by atoms with Crippen LogP contribution in [0.2, 0.25) is 0 Å². The van der Waals surface area contributed by atoms with Gasteiger partial charge in [0.1, 0.15) is 12.0 Å². The quantitative estimate of drug-likeness (QED) is 0.742. The molecule has 0 radical (unpaired) electrons. The van der Waals surface area contributed by atoms with Gasteiger partial charge >= 0.3 is 0 Å². The van der Waals surface area contributed by atoms with Gasteiger partial charge in [-0.1, -0.05) is 19.0 Å². The SMILES string of the molecule is CC(C)[C@@H]1NC(c2ccon2)CNC1=O. The van der Waals surface area contributed by atoms with Crippen molar-refractivity contribution in [2.75, 3.05) is 6.54 Å². The fraction of sp³-hybridized carbons (Fsp3) is 0.600. The summed E-state index contributed by atoms with van der Waals surface area (Å²) < 4.78 is 4.79. The van der Waals surface area contributed by atoms with Gasteiger partial charge in [-0.05, 0) is 5.92 Å². The molecule has 1 aliphatic heterocycles. The summed E-state index contributed by atoms with van der Waals surface area (Å²) in [6.45, 7) is 4.60. The van der Waals surface area contributed by atoms with Crippen molar-refractivity contribution in [3.63, 3.8) is 0 Å². The molecule has 5 heteroatoms. The van der Waals surface area contributed by atoms with E-state index in [1.165, 1.54) is 6.26 Å². The van der Waals surface area contributed by atoms with Gasteiger partial charge in [-0.3, -0.25) is 10.1 Å². The molecule has 5 nitrogen and oxygen atoms in total. The minimum absolute atomic E-state index is 0.0499. The number of hydrogen-bond donors (Lipinski definition) is 2. The van der Waals surface area contributed by atoms with Crippen LogP contribution in [0.4, 0.5) is 0 Å². The zero-order chi connectivity index (χ0) is 10.8. The molecule has 1 aliphatic rings. The van der Waals surface area contributed by atoms with Crippen LogP contribution in [0.3, 0.4) is 0 Å². The number of amides is 1. The van der Waals surface area contributed by atoms with E-state index in [2.05, 4.69) is 15.8 Å². The van der Waals surface area contributed by atoms with Crippen molar-refractivity contribution in [1.29, 1.82) is 0 Å². The average molecular weight is 209 g/mol. The second-order valence-corrected chi connectivity index (χ2v) is 4.11. The molecule has 1 fully saturated rings. The van der Waals surface area contributed by atoms with Crippen molar-refractivity contribution in [3.05, 3.63) is 18.0 Å². The van der Waals surface area contributed by atoms with Gasteiger partial charge in [0.15, 0.2) is 0 Å². The summed E-state index contributed by atoms with van der Waals surface area (Å²) in [5, 5.41) is 10.0. The first-order valence-electron chi connectivity index (χ1n) is 5.12. The molecular weight excluding hydrogens is 194 g/mol. The van der Waals surface area contributed by atoms with E-state index in [9.17, 15) is 4.79 Å². The average Bonchev–Trinajstić information content (AvgIpc) is 2.71. The van der Waals surface area contributed by atoms with Gasteiger partial charge in [0.25, 0.3) is 0 Å². The highest BCUT2D eigenvalue weighted by Crippen LogP contribution is 2.16. The predicted molar refractivity (Wildman–Crippen MR) is 54.0 cm³/mol. The Bertz CT molecular complexity index is 334. The summed E-state index contributed by atoms with van der Waals surface area (Å²) in [6, 6.07) is 1.71. The lowest BCUT2D eigenvalue weighted by atomic mass is 9.99. The van der Waals surface area contributed by atoms with Crippen LogP contribution in [-0.4, -0.2) is 23.7 Å². The summed E-state index contributed by atoms with van der Waals surface area (Å²) in [4.78, 5) is 11.5. The first kappa shape index (κ1) is 10.2. The Morgan fingerprint density at radius 3 is 3.00 bits per heavy atom. The Hall–Kier alpha value is -1.36. The molecule has 1 aromatic rings. The van der Waals surface area contributed by atoms with Crippen LogP contribution < -0.4 is 10.6 Å². The second kappa shape index (κ2) is 4.02. The van der Waals surface area contributed by atoms with Gasteiger partial charge in [0, 0.05) is 12.6 Å². The fourth-order valence-electron chi connectivity index (χ4n) is 1.75. The highest BCUT2D eigenvalue weighted by molar-refractivity contribution is 5.82. The second-order valence-electron chi connectivity index (χ2n) is 4.11. The van der Waals surface area contributed by atoms with Crippen molar-refractivity contribution in [3.8, 4) is 0 Å². The van der Waals surface area contributed by atoms with Crippen LogP contribution in [0.1, 0.15) is 25.6 Å². The normalized spacial score (nSPS) is 26.7. The molecule has 0 bridgehead atoms. The van der Waals surface area contributed by atoms with E-state index in [1.807, 2.05) is 19.9 Å². The molecular formula is C10H15N3O2. The predicted octanol–water partition coefficient (Wildman–Crippen LogP) is 0.460. The molecule has 0 aliphatic carbocycles. The highest BCUT2D eigenvalue weighted by Gasteiger charge is 2.31. The lowest BCUT2D eigenvalue weighted by molar-refractivity contribution is -0.126. The fourth-order valence-corrected chi connectivity index (χ4v) is 1.75. The summed E-state index contributed by atoms with van der Waals surface area (Å²) >= 11 is 0. The van der Waals surface area contributed by atoms with Crippen LogP contribution in [0.15, 0.2) is 16.9 Å². The van der Waals surface area contributed by atoms with E-state index in [1.54, 1.807) is 0 Å². The Kier molecular flexibility index (Phi) is 2.73. The third-order valence-electron chi connectivity index (χ3n) is 2.63. The number of carbonyl (C=O) groups excluding carboxylic acids is 1. The van der Waals surface area contributed by atoms with E-state index in [-0.39, 0.29) is 23.9 Å². The maximum Gasteiger partial charge on any atom is 0.237 e. The molecule has 0 spiro atoms. The van der Waals surface area contributed by atoms with Crippen LogP contribution in [0.5, 0.6) is 0 Å². The number of nitrogens with one attached hydrogen (secondary N) is 2. The maximum atomic E-state index is 11.5. The summed E-state index contributed by atoms with van der Waals surface area (Å²) in [5.41, 5.74) is 0.834. The zero-order valence-electron chi connectivity index (χ0n) is 8.86. The molecule has 0 aromatic carbocycles. The molecule has 0 saturated carbocycles. The van der Waals surface area contributed by atoms with E-state index in [0.717, 1.165) is 5.69 Å². The van der Waals surface area contributed by atoms with Crippen LogP contribution in [-0.2, 0) is 4.79 Å². The van der Waals surface area contributed by atoms with Crippen molar-refractivity contribution in [1.82, 2.24) is 15.8 Å². The van der Waals surface area contributed by atoms with Gasteiger partial charge in [0.05, 0.1) is 12.1 Å². The summed E-state index contributed by atoms with van der Waals surface area (Å²) in [6.07, 6.45) is 1.54. The third-order valence-corrected chi connectivity index (χ3v) is 2.63. The van der Waals surface area contributed by atoms with Gasteiger partial charge in [0.2, 0.25) is 5.91 Å². The lowest BCUT2D eigenvalue weighted by Gasteiger charge is -2.31. The molecule has 1 unspecified atom stereocenters. The van der Waals surface area contributed by atoms with E-state index in [0.29, 0.717) is 6.54 Å². The third kappa shape index (κ3) is 2.02. The van der Waals surface area contributed by atoms with Crippen LogP contribution in [0.25, 0.3) is 0 Å². The highest BCUT2D eigenvalue weighted by atomic mass is 16.5. The summed E-state index contributed by atoms with van der Waals surface area (Å²) in [5.74, 6) is 0.324. The van der Waals surface area contributed by atoms with Gasteiger partial charge in [-0.15, -0.1) is 0 Å². The van der Waals surface area contributed by atoms with Crippen molar-refractivity contribution in [2.45, 2.75) is 25.9 Å². The number of rotatable bonds is 2. The zero-order valence-corrected chi connectivity index (χ0v) is 8.86. The van der Waals surface area contributed by atoms with Crippen molar-refractivity contribution in [2.24, 2.45) is 5.92 Å². The molecule has 1 aromatic heterocycles. The molecule has 2 N–H and O–H groups in total. The standard InChI is InChI=1S/C10H15N3O2/c1-6(2)9-10(14)11-5-8(12-9)7-3-4-15-13-7/h3-4,6,8-9,12H,5H2,1-2H3,(H,11,14)/t8?,9-/m0/s1. The first-order chi connectivity index (χ1) is 7.18. The number of aromatic nitrogens is 1. The number of piperazine rings is 1. The Morgan fingerprint density at radius 2 is 2.40 bits per heavy atom. The minimum Gasteiger partial charge on any atom is -0.364 e. The molecule has 82 valence electrons. The molecule has 2 rings (SSSR count). The molecule has 2 heterocycles. The molecule has 15 heavy (non-hydrogen) atoms. The van der Waals surface area contributed by atoms with Crippen LogP contribution >= 0.6 is 0 Å². The van der Waals surface area contributed by atoms with Gasteiger partial charge in [-0.2, -0.15) is 0 Å². The number of nitrogens with zero attached hydrogens (tertiary/aromatic N) is 1. The number of carbonyl (C=O) groups is 1. The van der Waals surface area contributed by atoms with E-state index < -0.39 is 0 Å². The lowest BCUT2D eigenvalue weighted by Crippen LogP contribution is -2.56. The summed E-state index contributed by atoms with van der Waals surface area (Å²) in [7, 11) is 0. The maximum absolute atomic E-state index is 11.5. The van der Waals surface area contributed by atoms with Gasteiger partial charge < -0.3 is 9.84 Å². The first-order valence-corrected chi connectivity index (χ1v) is 5.12. The van der Waals surface area contributed by atoms with Crippen LogP contribution in [0, 0.1) is 5.92 Å². The monoisotopic (exact) mass is 209 g/mol. The Labute approximate surface area is 88.2 Å².